The van der Waals surface area contributed by atoms with Crippen molar-refractivity contribution in [3.05, 3.63) is 30.0 Å². The lowest BCUT2D eigenvalue weighted by Crippen LogP contribution is -2.59. The second kappa shape index (κ2) is 5.01. The van der Waals surface area contributed by atoms with Crippen molar-refractivity contribution in [2.45, 2.75) is 19.4 Å². The summed E-state index contributed by atoms with van der Waals surface area (Å²) in [6.07, 6.45) is 2.75. The molecule has 1 amide bonds. The number of rotatable bonds is 4. The Hall–Kier alpha value is -1.88. The van der Waals surface area contributed by atoms with Gasteiger partial charge in [0.15, 0.2) is 0 Å². The van der Waals surface area contributed by atoms with E-state index in [0.717, 1.165) is 42.5 Å². The molecule has 0 spiro atoms. The molecule has 0 aliphatic carbocycles. The van der Waals surface area contributed by atoms with Crippen molar-refractivity contribution in [3.63, 3.8) is 0 Å². The van der Waals surface area contributed by atoms with Crippen LogP contribution < -0.4 is 5.32 Å². The van der Waals surface area contributed by atoms with Crippen LogP contribution >= 0.6 is 0 Å². The number of carbonyl (C=O) groups excluding carboxylic acids is 1. The van der Waals surface area contributed by atoms with Gasteiger partial charge in [0.05, 0.1) is 17.8 Å². The molecule has 1 saturated heterocycles. The van der Waals surface area contributed by atoms with Gasteiger partial charge in [-0.3, -0.25) is 9.89 Å². The minimum Gasteiger partial charge on any atom is -0.333 e. The maximum atomic E-state index is 12.6. The van der Waals surface area contributed by atoms with E-state index < -0.39 is 0 Å². The molecule has 0 saturated carbocycles. The molecular formula is C14H18N4O. The zero-order valence-electron chi connectivity index (χ0n) is 11.0. The van der Waals surface area contributed by atoms with Gasteiger partial charge in [0.2, 0.25) is 0 Å². The van der Waals surface area contributed by atoms with Gasteiger partial charge in [0.1, 0.15) is 0 Å². The Morgan fingerprint density at radius 1 is 1.47 bits per heavy atom. The fourth-order valence-electron chi connectivity index (χ4n) is 2.42. The predicted octanol–water partition coefficient (Wildman–Crippen LogP) is 1.39. The smallest absolute Gasteiger partial charge is 0.254 e. The van der Waals surface area contributed by atoms with Crippen LogP contribution in [0.25, 0.3) is 10.9 Å². The Bertz CT molecular complexity index is 588. The third-order valence-corrected chi connectivity index (χ3v) is 3.61. The average molecular weight is 258 g/mol. The van der Waals surface area contributed by atoms with E-state index >= 15 is 0 Å². The van der Waals surface area contributed by atoms with Crippen LogP contribution in [-0.4, -0.2) is 46.7 Å². The van der Waals surface area contributed by atoms with Crippen LogP contribution in [-0.2, 0) is 0 Å². The van der Waals surface area contributed by atoms with Gasteiger partial charge in [-0.1, -0.05) is 13.0 Å². The highest BCUT2D eigenvalue weighted by atomic mass is 16.2. The summed E-state index contributed by atoms with van der Waals surface area (Å²) in [5.41, 5.74) is 1.64. The maximum Gasteiger partial charge on any atom is 0.254 e. The summed E-state index contributed by atoms with van der Waals surface area (Å²) >= 11 is 0. The Kier molecular flexibility index (Phi) is 3.21. The lowest BCUT2D eigenvalue weighted by atomic mass is 10.1. The number of nitrogens with one attached hydrogen (secondary N) is 2. The lowest BCUT2D eigenvalue weighted by Gasteiger charge is -2.38. The van der Waals surface area contributed by atoms with Crippen molar-refractivity contribution in [3.8, 4) is 0 Å². The molecule has 0 atom stereocenters. The molecule has 2 N–H and O–H groups in total. The minimum absolute atomic E-state index is 0.116. The van der Waals surface area contributed by atoms with Crippen molar-refractivity contribution < 1.29 is 4.79 Å². The van der Waals surface area contributed by atoms with E-state index in [4.69, 9.17) is 0 Å². The van der Waals surface area contributed by atoms with Crippen LogP contribution in [0.1, 0.15) is 23.7 Å². The Morgan fingerprint density at radius 2 is 2.32 bits per heavy atom. The Balaban J connectivity index is 1.87. The second-order valence-electron chi connectivity index (χ2n) is 4.98. The first kappa shape index (κ1) is 12.2. The summed E-state index contributed by atoms with van der Waals surface area (Å²) < 4.78 is 0. The summed E-state index contributed by atoms with van der Waals surface area (Å²) in [6, 6.07) is 6.05. The van der Waals surface area contributed by atoms with Crippen molar-refractivity contribution >= 4 is 16.8 Å². The standard InChI is InChI=1S/C14H18N4O/c1-2-5-18(12-8-15-9-12)14(19)10-3-4-11-7-16-17-13(11)6-10/h3-4,6-7,12,15H,2,5,8-9H2,1H3,(H,16,17). The highest BCUT2D eigenvalue weighted by Crippen LogP contribution is 2.17. The van der Waals surface area contributed by atoms with Crippen LogP contribution in [0.15, 0.2) is 24.4 Å². The molecule has 5 heteroatoms. The van der Waals surface area contributed by atoms with Crippen molar-refractivity contribution in [2.24, 2.45) is 0 Å². The van der Waals surface area contributed by atoms with E-state index in [-0.39, 0.29) is 5.91 Å². The van der Waals surface area contributed by atoms with Gasteiger partial charge in [-0.2, -0.15) is 5.10 Å². The van der Waals surface area contributed by atoms with Gasteiger partial charge in [-0.25, -0.2) is 0 Å². The van der Waals surface area contributed by atoms with Crippen molar-refractivity contribution in [2.75, 3.05) is 19.6 Å². The molecule has 0 bridgehead atoms. The number of carbonyl (C=O) groups is 1. The largest absolute Gasteiger partial charge is 0.333 e. The number of hydrogen-bond donors (Lipinski definition) is 2. The highest BCUT2D eigenvalue weighted by molar-refractivity contribution is 5.98. The molecule has 19 heavy (non-hydrogen) atoms. The summed E-state index contributed by atoms with van der Waals surface area (Å²) in [7, 11) is 0. The molecule has 0 unspecified atom stereocenters. The predicted molar refractivity (Wildman–Crippen MR) is 74.1 cm³/mol. The molecule has 5 nitrogen and oxygen atoms in total. The first-order valence-corrected chi connectivity index (χ1v) is 6.74. The average Bonchev–Trinajstić information content (AvgIpc) is 2.82. The Labute approximate surface area is 112 Å². The quantitative estimate of drug-likeness (QED) is 0.871. The zero-order valence-corrected chi connectivity index (χ0v) is 11.0. The van der Waals surface area contributed by atoms with Gasteiger partial charge < -0.3 is 10.2 Å². The molecule has 1 aliphatic heterocycles. The minimum atomic E-state index is 0.116. The van der Waals surface area contributed by atoms with Crippen LogP contribution in [0.2, 0.25) is 0 Å². The molecule has 1 aromatic carbocycles. The SMILES string of the molecule is CCCN(C(=O)c1ccc2cn[nH]c2c1)C1CNC1. The number of nitrogens with zero attached hydrogens (tertiary/aromatic N) is 2. The molecule has 1 fully saturated rings. The molecule has 1 aromatic heterocycles. The maximum absolute atomic E-state index is 12.6. The second-order valence-corrected chi connectivity index (χ2v) is 4.98. The van der Waals surface area contributed by atoms with Gasteiger partial charge in [-0.05, 0) is 18.6 Å². The number of fused-ring (bicyclic) bond motifs is 1. The third-order valence-electron chi connectivity index (χ3n) is 3.61. The molecule has 3 rings (SSSR count). The molecule has 2 aromatic rings. The summed E-state index contributed by atoms with van der Waals surface area (Å²) in [5.74, 6) is 0.116. The first-order valence-electron chi connectivity index (χ1n) is 6.74. The van der Waals surface area contributed by atoms with Crippen LogP contribution in [0.4, 0.5) is 0 Å². The van der Waals surface area contributed by atoms with E-state index in [1.165, 1.54) is 0 Å². The number of aromatic amines is 1. The third kappa shape index (κ3) is 2.21. The topological polar surface area (TPSA) is 61.0 Å². The Morgan fingerprint density at radius 3 is 3.00 bits per heavy atom. The first-order chi connectivity index (χ1) is 9.29. The molecular weight excluding hydrogens is 240 g/mol. The van der Waals surface area contributed by atoms with Gasteiger partial charge in [0.25, 0.3) is 5.91 Å². The molecule has 1 aliphatic rings. The summed E-state index contributed by atoms with van der Waals surface area (Å²) in [6.45, 7) is 4.72. The monoisotopic (exact) mass is 258 g/mol. The van der Waals surface area contributed by atoms with E-state index in [1.54, 1.807) is 6.20 Å². The highest BCUT2D eigenvalue weighted by Gasteiger charge is 2.28. The van der Waals surface area contributed by atoms with E-state index in [0.29, 0.717) is 6.04 Å². The molecule has 2 heterocycles. The number of H-pyrrole nitrogens is 1. The van der Waals surface area contributed by atoms with Gasteiger partial charge in [-0.15, -0.1) is 0 Å². The van der Waals surface area contributed by atoms with Gasteiger partial charge >= 0.3 is 0 Å². The number of hydrogen-bond acceptors (Lipinski definition) is 3. The fraction of sp³-hybridized carbons (Fsp3) is 0.429. The molecule has 0 radical (unpaired) electrons. The zero-order chi connectivity index (χ0) is 13.2. The number of aromatic nitrogens is 2. The van der Waals surface area contributed by atoms with E-state index in [2.05, 4.69) is 22.4 Å². The van der Waals surface area contributed by atoms with E-state index in [1.807, 2.05) is 23.1 Å². The summed E-state index contributed by atoms with van der Waals surface area (Å²) in [5, 5.41) is 11.1. The number of benzene rings is 1. The van der Waals surface area contributed by atoms with Crippen molar-refractivity contribution in [1.82, 2.24) is 20.4 Å². The molecule has 100 valence electrons. The lowest BCUT2D eigenvalue weighted by molar-refractivity contribution is 0.0616. The van der Waals surface area contributed by atoms with Gasteiger partial charge in [0, 0.05) is 30.6 Å². The summed E-state index contributed by atoms with van der Waals surface area (Å²) in [4.78, 5) is 14.6. The van der Waals surface area contributed by atoms with Crippen molar-refractivity contribution in [1.29, 1.82) is 0 Å². The normalized spacial score (nSPS) is 15.4. The van der Waals surface area contributed by atoms with Crippen LogP contribution in [0.3, 0.4) is 0 Å². The van der Waals surface area contributed by atoms with E-state index in [9.17, 15) is 4.79 Å². The fourth-order valence-corrected chi connectivity index (χ4v) is 2.42. The van der Waals surface area contributed by atoms with Crippen LogP contribution in [0.5, 0.6) is 0 Å². The van der Waals surface area contributed by atoms with Crippen LogP contribution in [0, 0.1) is 0 Å². The number of amides is 1.